The van der Waals surface area contributed by atoms with Gasteiger partial charge in [0.05, 0.1) is 23.9 Å². The summed E-state index contributed by atoms with van der Waals surface area (Å²) in [6.45, 7) is 7.79. The number of hydrogen-bond donors (Lipinski definition) is 0. The maximum Gasteiger partial charge on any atom is 0.350 e. The van der Waals surface area contributed by atoms with Gasteiger partial charge in [0.1, 0.15) is 11.6 Å². The Morgan fingerprint density at radius 1 is 1.18 bits per heavy atom. The molecule has 2 aliphatic rings. The normalized spacial score (nSPS) is 18.9. The zero-order chi connectivity index (χ0) is 24.1. The van der Waals surface area contributed by atoms with E-state index in [4.69, 9.17) is 26.1 Å². The molecule has 0 N–H and O–H groups in total. The zero-order valence-corrected chi connectivity index (χ0v) is 24.2. The maximum absolute atomic E-state index is 13.9. The number of nitrogens with zero attached hydrogens (tertiary/aromatic N) is 3. The zero-order valence-electron chi connectivity index (χ0n) is 19.2. The van der Waals surface area contributed by atoms with Crippen LogP contribution in [0, 0.1) is 5.92 Å². The Bertz CT molecular complexity index is 995. The third-order valence-corrected chi connectivity index (χ3v) is 6.88. The Morgan fingerprint density at radius 2 is 1.91 bits per heavy atom. The van der Waals surface area contributed by atoms with Crippen molar-refractivity contribution in [3.63, 3.8) is 0 Å². The lowest BCUT2D eigenvalue weighted by atomic mass is 9.94. The topological polar surface area (TPSA) is 37.3 Å². The van der Waals surface area contributed by atoms with Gasteiger partial charge in [-0.25, -0.2) is 4.99 Å². The Kier molecular flexibility index (Phi) is 9.33. The Balaban J connectivity index is 1.54. The number of unbranched alkanes of at least 4 members (excludes halogenated alkanes) is 1. The summed E-state index contributed by atoms with van der Waals surface area (Å²) in [4.78, 5) is 9.80. The SMILES string of the molecule is CC1Cc2cccc(Cl)c2N=C1N(CCCCN1CCOCC1)c1ccc(OC(F)(I)I)cc1. The molecule has 1 fully saturated rings. The second-order valence-corrected chi connectivity index (χ2v) is 13.9. The predicted octanol–water partition coefficient (Wildman–Crippen LogP) is 7.01. The minimum Gasteiger partial charge on any atom is -0.442 e. The molecule has 184 valence electrons. The molecule has 4 rings (SSSR count). The Morgan fingerprint density at radius 3 is 2.62 bits per heavy atom. The predicted molar refractivity (Wildman–Crippen MR) is 154 cm³/mol. The van der Waals surface area contributed by atoms with Crippen LogP contribution in [0.15, 0.2) is 47.5 Å². The van der Waals surface area contributed by atoms with E-state index in [0.717, 1.165) is 75.9 Å². The van der Waals surface area contributed by atoms with E-state index in [-0.39, 0.29) is 5.92 Å². The van der Waals surface area contributed by atoms with Crippen LogP contribution in [0.25, 0.3) is 0 Å². The third-order valence-electron chi connectivity index (χ3n) is 6.13. The first-order valence-electron chi connectivity index (χ1n) is 11.6. The van der Waals surface area contributed by atoms with E-state index >= 15 is 0 Å². The minimum absolute atomic E-state index is 0.253. The van der Waals surface area contributed by atoms with Crippen LogP contribution < -0.4 is 9.64 Å². The molecule has 1 unspecified atom stereocenters. The van der Waals surface area contributed by atoms with Crippen LogP contribution in [0.3, 0.4) is 0 Å². The first kappa shape index (κ1) is 26.4. The average molecular weight is 712 g/mol. The lowest BCUT2D eigenvalue weighted by molar-refractivity contribution is 0.0373. The summed E-state index contributed by atoms with van der Waals surface area (Å²) in [6.07, 6.45) is 3.03. The van der Waals surface area contributed by atoms with E-state index in [2.05, 4.69) is 22.8 Å². The van der Waals surface area contributed by atoms with Crippen LogP contribution in [0.2, 0.25) is 5.02 Å². The molecule has 0 aromatic heterocycles. The first-order valence-corrected chi connectivity index (χ1v) is 14.1. The number of benzene rings is 2. The molecular weight excluding hydrogens is 683 g/mol. The number of morpholine rings is 1. The standard InChI is InChI=1S/C25H29ClFI2N3O2/c1-18-17-19-5-4-6-22(26)23(19)30-24(18)32(12-3-2-11-31-13-15-33-16-14-31)20-7-9-21(10-8-20)34-25(27,28)29/h4-10,18H,2-3,11-17H2,1H3. The van der Waals surface area contributed by atoms with Crippen LogP contribution >= 0.6 is 56.8 Å². The van der Waals surface area contributed by atoms with Gasteiger partial charge in [0, 0.05) is 76.4 Å². The molecule has 9 heteroatoms. The molecule has 2 aromatic carbocycles. The smallest absolute Gasteiger partial charge is 0.350 e. The fourth-order valence-electron chi connectivity index (χ4n) is 4.46. The number of alkyl halides is 3. The Hall–Kier alpha value is -0.690. The second kappa shape index (κ2) is 12.0. The van der Waals surface area contributed by atoms with Crippen molar-refractivity contribution in [2.24, 2.45) is 10.9 Å². The van der Waals surface area contributed by atoms with Gasteiger partial charge in [0.15, 0.2) is 0 Å². The molecule has 0 bridgehead atoms. The summed E-state index contributed by atoms with van der Waals surface area (Å²) in [5.41, 5.74) is 3.07. The van der Waals surface area contributed by atoms with Crippen LogP contribution in [-0.2, 0) is 11.2 Å². The van der Waals surface area contributed by atoms with Crippen molar-refractivity contribution in [1.29, 1.82) is 0 Å². The molecule has 2 heterocycles. The van der Waals surface area contributed by atoms with Gasteiger partial charge in [-0.2, -0.15) is 4.39 Å². The number of halogens is 4. The van der Waals surface area contributed by atoms with Gasteiger partial charge in [-0.15, -0.1) is 0 Å². The van der Waals surface area contributed by atoms with E-state index in [1.165, 1.54) is 5.56 Å². The van der Waals surface area contributed by atoms with Gasteiger partial charge < -0.3 is 14.4 Å². The third kappa shape index (κ3) is 7.18. The molecule has 34 heavy (non-hydrogen) atoms. The highest BCUT2D eigenvalue weighted by Gasteiger charge is 2.27. The molecule has 2 aromatic rings. The number of fused-ring (bicyclic) bond motifs is 1. The highest BCUT2D eigenvalue weighted by atomic mass is 127. The molecule has 0 spiro atoms. The molecule has 0 amide bonds. The van der Waals surface area contributed by atoms with E-state index in [1.807, 2.05) is 36.4 Å². The lowest BCUT2D eigenvalue weighted by Crippen LogP contribution is -2.39. The average Bonchev–Trinajstić information content (AvgIpc) is 2.80. The van der Waals surface area contributed by atoms with Crippen LogP contribution in [-0.4, -0.2) is 52.0 Å². The van der Waals surface area contributed by atoms with Gasteiger partial charge in [-0.3, -0.25) is 4.90 Å². The maximum atomic E-state index is 13.9. The van der Waals surface area contributed by atoms with Gasteiger partial charge >= 0.3 is 1.87 Å². The van der Waals surface area contributed by atoms with Crippen LogP contribution in [0.4, 0.5) is 15.8 Å². The fraction of sp³-hybridized carbons (Fsp3) is 0.480. The van der Waals surface area contributed by atoms with E-state index in [9.17, 15) is 4.39 Å². The van der Waals surface area contributed by atoms with Crippen molar-refractivity contribution in [3.8, 4) is 5.75 Å². The van der Waals surface area contributed by atoms with Crippen molar-refractivity contribution in [3.05, 3.63) is 53.1 Å². The number of rotatable bonds is 8. The fourth-order valence-corrected chi connectivity index (χ4v) is 5.20. The van der Waals surface area contributed by atoms with Crippen molar-refractivity contribution in [2.75, 3.05) is 44.3 Å². The lowest BCUT2D eigenvalue weighted by Gasteiger charge is -2.33. The van der Waals surface area contributed by atoms with Crippen LogP contribution in [0.1, 0.15) is 25.3 Å². The van der Waals surface area contributed by atoms with Crippen LogP contribution in [0.5, 0.6) is 5.75 Å². The molecule has 1 atom stereocenters. The number of aliphatic imine (C=N–C) groups is 1. The van der Waals surface area contributed by atoms with Gasteiger partial charge in [0.25, 0.3) is 0 Å². The second-order valence-electron chi connectivity index (χ2n) is 8.68. The molecule has 1 saturated heterocycles. The van der Waals surface area contributed by atoms with Crippen molar-refractivity contribution < 1.29 is 13.9 Å². The van der Waals surface area contributed by atoms with Crippen molar-refractivity contribution in [1.82, 2.24) is 4.90 Å². The number of amidine groups is 1. The number of hydrogen-bond acceptors (Lipinski definition) is 5. The highest BCUT2D eigenvalue weighted by molar-refractivity contribution is 14.2. The minimum atomic E-state index is -1.78. The summed E-state index contributed by atoms with van der Waals surface area (Å²) >= 11 is 9.76. The molecule has 2 aliphatic heterocycles. The molecule has 5 nitrogen and oxygen atoms in total. The summed E-state index contributed by atoms with van der Waals surface area (Å²) in [6, 6.07) is 13.6. The molecule has 0 aliphatic carbocycles. The van der Waals surface area contributed by atoms with Crippen molar-refractivity contribution >= 4 is 74.0 Å². The van der Waals surface area contributed by atoms with E-state index in [0.29, 0.717) is 10.8 Å². The Labute approximate surface area is 233 Å². The number of ether oxygens (including phenoxy) is 2. The molecule has 0 saturated carbocycles. The molecule has 0 radical (unpaired) electrons. The monoisotopic (exact) mass is 711 g/mol. The van der Waals surface area contributed by atoms with Crippen molar-refractivity contribution in [2.45, 2.75) is 28.1 Å². The van der Waals surface area contributed by atoms with E-state index < -0.39 is 1.87 Å². The number of anilines is 1. The summed E-state index contributed by atoms with van der Waals surface area (Å²) in [5.74, 6) is 1.76. The largest absolute Gasteiger partial charge is 0.442 e. The quantitative estimate of drug-likeness (QED) is 0.168. The van der Waals surface area contributed by atoms with E-state index in [1.54, 1.807) is 45.2 Å². The summed E-state index contributed by atoms with van der Waals surface area (Å²) in [5, 5.41) is 0.682. The van der Waals surface area contributed by atoms with Gasteiger partial charge in [-0.05, 0) is 61.7 Å². The summed E-state index contributed by atoms with van der Waals surface area (Å²) < 4.78 is 22.9. The van der Waals surface area contributed by atoms with Gasteiger partial charge in [0.2, 0.25) is 0 Å². The number of para-hydroxylation sites is 1. The first-order chi connectivity index (χ1) is 16.3. The van der Waals surface area contributed by atoms with Gasteiger partial charge in [-0.1, -0.05) is 30.7 Å². The highest BCUT2D eigenvalue weighted by Crippen LogP contribution is 2.37. The summed E-state index contributed by atoms with van der Waals surface area (Å²) in [7, 11) is 0. The molecular formula is C25H29ClFI2N3O2.